The summed E-state index contributed by atoms with van der Waals surface area (Å²) in [5, 5.41) is 8.81. The zero-order chi connectivity index (χ0) is 9.72. The van der Waals surface area contributed by atoms with Gasteiger partial charge in [-0.2, -0.15) is 0 Å². The van der Waals surface area contributed by atoms with Gasteiger partial charge in [-0.25, -0.2) is 4.79 Å². The average Bonchev–Trinajstić information content (AvgIpc) is 2.02. The van der Waals surface area contributed by atoms with Crippen LogP contribution in [0.3, 0.4) is 0 Å². The van der Waals surface area contributed by atoms with E-state index >= 15 is 0 Å². The first kappa shape index (κ1) is 10.8. The Morgan fingerprint density at radius 2 is 2.00 bits per heavy atom. The normalized spacial score (nSPS) is 14.6. The summed E-state index contributed by atoms with van der Waals surface area (Å²) in [6, 6.07) is 0. The topological polar surface area (TPSA) is 63.6 Å². The molecule has 0 bridgehead atoms. The van der Waals surface area contributed by atoms with Gasteiger partial charge < -0.3 is 9.84 Å². The summed E-state index contributed by atoms with van der Waals surface area (Å²) in [5.74, 6) is -1.19. The fraction of sp³-hybridized carbons (Fsp3) is 0.500. The number of hydrogen-bond acceptors (Lipinski definition) is 4. The van der Waals surface area contributed by atoms with E-state index in [4.69, 9.17) is 5.11 Å². The molecule has 0 aliphatic carbocycles. The molecule has 0 amide bonds. The summed E-state index contributed by atoms with van der Waals surface area (Å²) in [6.45, 7) is 5.89. The van der Waals surface area contributed by atoms with Crippen LogP contribution < -0.4 is 0 Å². The molecule has 2 atom stereocenters. The Kier molecular flexibility index (Phi) is 4.21. The van der Waals surface area contributed by atoms with E-state index in [1.807, 2.05) is 0 Å². The Morgan fingerprint density at radius 1 is 1.50 bits per heavy atom. The van der Waals surface area contributed by atoms with Crippen molar-refractivity contribution < 1.29 is 19.4 Å². The van der Waals surface area contributed by atoms with Gasteiger partial charge in [0.1, 0.15) is 6.10 Å². The van der Waals surface area contributed by atoms with E-state index in [0.717, 1.165) is 6.08 Å². The lowest BCUT2D eigenvalue weighted by atomic mass is 10.2. The molecule has 0 rings (SSSR count). The lowest BCUT2D eigenvalue weighted by Crippen LogP contribution is -2.31. The van der Waals surface area contributed by atoms with E-state index in [0.29, 0.717) is 0 Å². The molecule has 12 heavy (non-hydrogen) atoms. The second kappa shape index (κ2) is 4.66. The second-order valence-corrected chi connectivity index (χ2v) is 2.36. The van der Waals surface area contributed by atoms with Crippen LogP contribution in [0.15, 0.2) is 12.7 Å². The van der Waals surface area contributed by atoms with Crippen LogP contribution in [-0.2, 0) is 14.3 Å². The van der Waals surface area contributed by atoms with Crippen molar-refractivity contribution in [3.8, 4) is 0 Å². The lowest BCUT2D eigenvalue weighted by molar-refractivity contribution is -0.152. The zero-order valence-electron chi connectivity index (χ0n) is 7.11. The summed E-state index contributed by atoms with van der Waals surface area (Å²) in [7, 11) is 0. The Bertz CT molecular complexity index is 195. The first-order valence-corrected chi connectivity index (χ1v) is 3.54. The number of Topliss-reactive ketones (excluding diaryl/α,β-unsaturated/α-hetero) is 1. The quantitative estimate of drug-likeness (QED) is 0.481. The summed E-state index contributed by atoms with van der Waals surface area (Å²) in [4.78, 5) is 21.5. The van der Waals surface area contributed by atoms with Gasteiger partial charge in [0.15, 0.2) is 6.10 Å². The van der Waals surface area contributed by atoms with Crippen LogP contribution >= 0.6 is 0 Å². The molecule has 0 aliphatic rings. The number of hydrogen-bond donors (Lipinski definition) is 1. The van der Waals surface area contributed by atoms with Crippen molar-refractivity contribution in [3.05, 3.63) is 12.7 Å². The van der Waals surface area contributed by atoms with Gasteiger partial charge in [0.05, 0.1) is 0 Å². The van der Waals surface area contributed by atoms with Crippen LogP contribution in [0.4, 0.5) is 0 Å². The van der Waals surface area contributed by atoms with Crippen LogP contribution in [-0.4, -0.2) is 29.1 Å². The molecule has 0 aromatic rings. The molecule has 0 spiro atoms. The smallest absolute Gasteiger partial charge is 0.330 e. The van der Waals surface area contributed by atoms with E-state index in [9.17, 15) is 9.59 Å². The van der Waals surface area contributed by atoms with E-state index in [-0.39, 0.29) is 0 Å². The third-order valence-corrected chi connectivity index (χ3v) is 1.27. The molecule has 0 radical (unpaired) electrons. The van der Waals surface area contributed by atoms with Gasteiger partial charge in [0.25, 0.3) is 0 Å². The summed E-state index contributed by atoms with van der Waals surface area (Å²) >= 11 is 0. The summed E-state index contributed by atoms with van der Waals surface area (Å²) < 4.78 is 4.56. The molecule has 0 saturated carbocycles. The molecule has 2 unspecified atom stereocenters. The molecule has 0 aliphatic heterocycles. The largest absolute Gasteiger partial charge is 0.451 e. The number of ketones is 1. The first-order chi connectivity index (χ1) is 5.49. The van der Waals surface area contributed by atoms with E-state index in [1.54, 1.807) is 0 Å². The van der Waals surface area contributed by atoms with Gasteiger partial charge in [-0.3, -0.25) is 4.79 Å². The molecular formula is C8H12O4. The zero-order valence-corrected chi connectivity index (χ0v) is 7.11. The van der Waals surface area contributed by atoms with Gasteiger partial charge in [-0.1, -0.05) is 6.58 Å². The standard InChI is InChI=1S/C8H12O4/c1-4-7(10)12-6(3)8(11)5(2)9/h4-6,9H,1H2,2-3H3. The fourth-order valence-electron chi connectivity index (χ4n) is 0.620. The average molecular weight is 172 g/mol. The highest BCUT2D eigenvalue weighted by molar-refractivity contribution is 5.90. The molecule has 1 N–H and O–H groups in total. The van der Waals surface area contributed by atoms with E-state index in [2.05, 4.69) is 11.3 Å². The molecule has 4 nitrogen and oxygen atoms in total. The lowest BCUT2D eigenvalue weighted by Gasteiger charge is -2.11. The Balaban J connectivity index is 4.03. The molecule has 68 valence electrons. The van der Waals surface area contributed by atoms with Crippen molar-refractivity contribution in [3.63, 3.8) is 0 Å². The number of aliphatic hydroxyl groups excluding tert-OH is 1. The second-order valence-electron chi connectivity index (χ2n) is 2.36. The third-order valence-electron chi connectivity index (χ3n) is 1.27. The monoisotopic (exact) mass is 172 g/mol. The molecule has 0 aromatic heterocycles. The molecular weight excluding hydrogens is 160 g/mol. The van der Waals surface area contributed by atoms with Crippen LogP contribution in [0.2, 0.25) is 0 Å². The molecule has 0 fully saturated rings. The van der Waals surface area contributed by atoms with Gasteiger partial charge in [-0.05, 0) is 13.8 Å². The van der Waals surface area contributed by atoms with Crippen molar-refractivity contribution >= 4 is 11.8 Å². The molecule has 0 saturated heterocycles. The predicted molar refractivity (Wildman–Crippen MR) is 42.4 cm³/mol. The van der Waals surface area contributed by atoms with Crippen molar-refractivity contribution in [2.75, 3.05) is 0 Å². The van der Waals surface area contributed by atoms with Crippen LogP contribution in [0.5, 0.6) is 0 Å². The van der Waals surface area contributed by atoms with Crippen LogP contribution in [0.25, 0.3) is 0 Å². The van der Waals surface area contributed by atoms with Crippen LogP contribution in [0.1, 0.15) is 13.8 Å². The maximum Gasteiger partial charge on any atom is 0.330 e. The summed E-state index contributed by atoms with van der Waals surface area (Å²) in [5.41, 5.74) is 0. The number of carbonyl (C=O) groups is 2. The third kappa shape index (κ3) is 3.30. The minimum Gasteiger partial charge on any atom is -0.451 e. The SMILES string of the molecule is C=CC(=O)OC(C)C(=O)C(C)O. The number of aliphatic hydroxyl groups is 1. The van der Waals surface area contributed by atoms with Gasteiger partial charge in [0, 0.05) is 6.08 Å². The highest BCUT2D eigenvalue weighted by Gasteiger charge is 2.20. The number of carbonyl (C=O) groups excluding carboxylic acids is 2. The van der Waals surface area contributed by atoms with E-state index in [1.165, 1.54) is 13.8 Å². The highest BCUT2D eigenvalue weighted by atomic mass is 16.5. The molecule has 0 aromatic carbocycles. The maximum atomic E-state index is 10.9. The first-order valence-electron chi connectivity index (χ1n) is 3.54. The predicted octanol–water partition coefficient (Wildman–Crippen LogP) is 0.0540. The Morgan fingerprint density at radius 3 is 2.33 bits per heavy atom. The van der Waals surface area contributed by atoms with Gasteiger partial charge in [-0.15, -0.1) is 0 Å². The Labute approximate surface area is 70.8 Å². The van der Waals surface area contributed by atoms with Crippen molar-refractivity contribution in [1.29, 1.82) is 0 Å². The maximum absolute atomic E-state index is 10.9. The van der Waals surface area contributed by atoms with Crippen molar-refractivity contribution in [1.82, 2.24) is 0 Å². The molecule has 4 heteroatoms. The van der Waals surface area contributed by atoms with Gasteiger partial charge >= 0.3 is 5.97 Å². The fourth-order valence-corrected chi connectivity index (χ4v) is 0.620. The number of esters is 1. The summed E-state index contributed by atoms with van der Waals surface area (Å²) in [6.07, 6.45) is -1.07. The minimum atomic E-state index is -1.11. The van der Waals surface area contributed by atoms with Crippen LogP contribution in [0, 0.1) is 0 Å². The van der Waals surface area contributed by atoms with Crippen molar-refractivity contribution in [2.45, 2.75) is 26.1 Å². The molecule has 0 heterocycles. The highest BCUT2D eigenvalue weighted by Crippen LogP contribution is 1.97. The number of ether oxygens (including phenoxy) is 1. The van der Waals surface area contributed by atoms with E-state index < -0.39 is 24.0 Å². The van der Waals surface area contributed by atoms with Crippen molar-refractivity contribution in [2.24, 2.45) is 0 Å². The minimum absolute atomic E-state index is 0.523. The Hall–Kier alpha value is -1.16. The number of rotatable bonds is 4. The van der Waals surface area contributed by atoms with Gasteiger partial charge in [0.2, 0.25) is 5.78 Å².